The fraction of sp³-hybridized carbons (Fsp3) is 0.929. The fourth-order valence-corrected chi connectivity index (χ4v) is 3.53. The van der Waals surface area contributed by atoms with Gasteiger partial charge in [0.1, 0.15) is 6.67 Å². The number of piperidine rings is 1. The molecule has 2 rings (SSSR count). The molecule has 1 spiro atoms. The first-order valence-electron chi connectivity index (χ1n) is 7.44. The summed E-state index contributed by atoms with van der Waals surface area (Å²) in [5, 5.41) is 0. The molecule has 2 aliphatic rings. The number of likely N-dealkylation sites (tertiary alicyclic amines) is 1. The minimum absolute atomic E-state index is 0.0577. The van der Waals surface area contributed by atoms with Gasteiger partial charge in [-0.3, -0.25) is 4.90 Å². The number of nitrogens with zero attached hydrogens (tertiary/aromatic N) is 4. The van der Waals surface area contributed by atoms with Crippen molar-refractivity contribution in [3.8, 4) is 0 Å². The van der Waals surface area contributed by atoms with E-state index in [1.54, 1.807) is 19.0 Å². The van der Waals surface area contributed by atoms with Crippen LogP contribution in [0.1, 0.15) is 12.8 Å². The maximum absolute atomic E-state index is 12.8. The number of likely N-dealkylation sites (N-methyl/N-ethyl adjacent to an activating group) is 1. The van der Waals surface area contributed by atoms with Crippen LogP contribution in [0.15, 0.2) is 0 Å². The Balaban J connectivity index is 2.02. The Morgan fingerprint density at radius 3 is 2.40 bits per heavy atom. The van der Waals surface area contributed by atoms with Gasteiger partial charge in [0.15, 0.2) is 0 Å². The Hall–Kier alpha value is -0.880. The lowest BCUT2D eigenvalue weighted by Crippen LogP contribution is -2.65. The Labute approximate surface area is 121 Å². The maximum Gasteiger partial charge on any atom is 0.319 e. The van der Waals surface area contributed by atoms with Gasteiger partial charge in [-0.1, -0.05) is 0 Å². The third-order valence-corrected chi connectivity index (χ3v) is 4.69. The summed E-state index contributed by atoms with van der Waals surface area (Å²) < 4.78 is 12.8. The molecule has 2 saturated heterocycles. The Bertz CT molecular complexity index is 342. The standard InChI is InChI=1S/C14H27FN4O/c1-16(2)13(20)18-7-4-14(5-8-18)12-17(3)10-11-19(14)9-6-15/h4-12H2,1-3H3. The minimum Gasteiger partial charge on any atom is -0.331 e. The molecule has 0 radical (unpaired) electrons. The smallest absolute Gasteiger partial charge is 0.319 e. The summed E-state index contributed by atoms with van der Waals surface area (Å²) in [6.45, 7) is 4.70. The molecule has 0 bridgehead atoms. The zero-order valence-corrected chi connectivity index (χ0v) is 12.9. The average molecular weight is 286 g/mol. The summed E-state index contributed by atoms with van der Waals surface area (Å²) in [6.07, 6.45) is 1.88. The molecule has 20 heavy (non-hydrogen) atoms. The van der Waals surface area contributed by atoms with Gasteiger partial charge in [-0.25, -0.2) is 9.18 Å². The largest absolute Gasteiger partial charge is 0.331 e. The number of urea groups is 1. The highest BCUT2D eigenvalue weighted by Gasteiger charge is 2.43. The molecule has 116 valence electrons. The summed E-state index contributed by atoms with van der Waals surface area (Å²) in [6, 6.07) is 0.0843. The normalized spacial score (nSPS) is 24.1. The molecule has 2 amide bonds. The maximum atomic E-state index is 12.8. The van der Waals surface area contributed by atoms with Gasteiger partial charge in [-0.2, -0.15) is 0 Å². The van der Waals surface area contributed by atoms with Crippen LogP contribution in [-0.4, -0.2) is 98.3 Å². The number of hydrogen-bond acceptors (Lipinski definition) is 3. The molecule has 5 nitrogen and oxygen atoms in total. The van der Waals surface area contributed by atoms with E-state index in [1.165, 1.54) is 0 Å². The third-order valence-electron chi connectivity index (χ3n) is 4.69. The zero-order valence-electron chi connectivity index (χ0n) is 12.9. The summed E-state index contributed by atoms with van der Waals surface area (Å²) in [4.78, 5) is 20.2. The van der Waals surface area contributed by atoms with Crippen LogP contribution in [0.4, 0.5) is 9.18 Å². The zero-order chi connectivity index (χ0) is 14.8. The van der Waals surface area contributed by atoms with Gasteiger partial charge in [0.05, 0.1) is 0 Å². The molecule has 0 aromatic heterocycles. The van der Waals surface area contributed by atoms with Gasteiger partial charge in [0, 0.05) is 58.9 Å². The Morgan fingerprint density at radius 2 is 1.85 bits per heavy atom. The van der Waals surface area contributed by atoms with E-state index in [4.69, 9.17) is 0 Å². The molecule has 2 aliphatic heterocycles. The molecule has 0 atom stereocenters. The first kappa shape index (κ1) is 15.5. The number of rotatable bonds is 2. The van der Waals surface area contributed by atoms with E-state index < -0.39 is 0 Å². The van der Waals surface area contributed by atoms with Crippen molar-refractivity contribution in [2.75, 3.05) is 67.1 Å². The molecule has 0 aromatic carbocycles. The van der Waals surface area contributed by atoms with Crippen LogP contribution in [0.2, 0.25) is 0 Å². The lowest BCUT2D eigenvalue weighted by Gasteiger charge is -2.53. The quantitative estimate of drug-likeness (QED) is 0.749. The van der Waals surface area contributed by atoms with Crippen LogP contribution < -0.4 is 0 Å². The predicted octanol–water partition coefficient (Wildman–Crippen LogP) is 0.720. The van der Waals surface area contributed by atoms with Gasteiger partial charge >= 0.3 is 6.03 Å². The van der Waals surface area contributed by atoms with Crippen molar-refractivity contribution >= 4 is 6.03 Å². The van der Waals surface area contributed by atoms with Gasteiger partial charge in [-0.05, 0) is 19.9 Å². The van der Waals surface area contributed by atoms with Crippen LogP contribution in [0.3, 0.4) is 0 Å². The number of hydrogen-bond donors (Lipinski definition) is 0. The van der Waals surface area contributed by atoms with Gasteiger partial charge < -0.3 is 14.7 Å². The van der Waals surface area contributed by atoms with E-state index in [1.807, 2.05) is 4.90 Å². The molecule has 0 aromatic rings. The lowest BCUT2D eigenvalue weighted by atomic mass is 9.83. The molecule has 6 heteroatoms. The number of carbonyl (C=O) groups is 1. The molecular formula is C14H27FN4O. The highest BCUT2D eigenvalue weighted by atomic mass is 19.1. The second-order valence-corrected chi connectivity index (χ2v) is 6.30. The summed E-state index contributed by atoms with van der Waals surface area (Å²) in [7, 11) is 5.71. The molecule has 0 N–H and O–H groups in total. The van der Waals surface area contributed by atoms with Crippen LogP contribution in [0, 0.1) is 0 Å². The number of halogens is 1. The Kier molecular flexibility index (Phi) is 4.86. The number of carbonyl (C=O) groups excluding carboxylic acids is 1. The van der Waals surface area contributed by atoms with E-state index in [0.29, 0.717) is 6.54 Å². The molecular weight excluding hydrogens is 259 g/mol. The van der Waals surface area contributed by atoms with Crippen molar-refractivity contribution in [3.05, 3.63) is 0 Å². The Morgan fingerprint density at radius 1 is 1.20 bits per heavy atom. The van der Waals surface area contributed by atoms with Gasteiger partial charge in [0.2, 0.25) is 0 Å². The summed E-state index contributed by atoms with van der Waals surface area (Å²) >= 11 is 0. The summed E-state index contributed by atoms with van der Waals surface area (Å²) in [5.74, 6) is 0. The third kappa shape index (κ3) is 3.06. The summed E-state index contributed by atoms with van der Waals surface area (Å²) in [5.41, 5.74) is 0.0577. The fourth-order valence-electron chi connectivity index (χ4n) is 3.53. The number of alkyl halides is 1. The van der Waals surface area contributed by atoms with Crippen molar-refractivity contribution in [2.24, 2.45) is 0 Å². The van der Waals surface area contributed by atoms with Crippen LogP contribution in [0.5, 0.6) is 0 Å². The predicted molar refractivity (Wildman–Crippen MR) is 77.7 cm³/mol. The van der Waals surface area contributed by atoms with Crippen molar-refractivity contribution < 1.29 is 9.18 Å². The lowest BCUT2D eigenvalue weighted by molar-refractivity contribution is -0.0323. The van der Waals surface area contributed by atoms with Crippen molar-refractivity contribution in [2.45, 2.75) is 18.4 Å². The molecule has 0 unspecified atom stereocenters. The van der Waals surface area contributed by atoms with Crippen molar-refractivity contribution in [1.29, 1.82) is 0 Å². The molecule has 2 heterocycles. The SMILES string of the molecule is CN1CCN(CCF)C2(CCN(C(=O)N(C)C)CC2)C1. The van der Waals surface area contributed by atoms with Gasteiger partial charge in [-0.15, -0.1) is 0 Å². The highest BCUT2D eigenvalue weighted by molar-refractivity contribution is 5.73. The monoisotopic (exact) mass is 286 g/mol. The highest BCUT2D eigenvalue weighted by Crippen LogP contribution is 2.32. The van der Waals surface area contributed by atoms with Crippen LogP contribution >= 0.6 is 0 Å². The van der Waals surface area contributed by atoms with Crippen LogP contribution in [0.25, 0.3) is 0 Å². The molecule has 2 fully saturated rings. The number of amides is 2. The first-order valence-corrected chi connectivity index (χ1v) is 7.44. The molecule has 0 aliphatic carbocycles. The minimum atomic E-state index is -0.286. The van der Waals surface area contributed by atoms with Crippen molar-refractivity contribution in [3.63, 3.8) is 0 Å². The second kappa shape index (κ2) is 6.26. The van der Waals surface area contributed by atoms with Crippen LogP contribution in [-0.2, 0) is 0 Å². The topological polar surface area (TPSA) is 30.0 Å². The number of piperazine rings is 1. The average Bonchev–Trinajstić information content (AvgIpc) is 2.42. The van der Waals surface area contributed by atoms with E-state index in [0.717, 1.165) is 45.6 Å². The second-order valence-electron chi connectivity index (χ2n) is 6.30. The van der Waals surface area contributed by atoms with E-state index >= 15 is 0 Å². The molecule has 0 saturated carbocycles. The first-order chi connectivity index (χ1) is 9.48. The van der Waals surface area contributed by atoms with Crippen molar-refractivity contribution in [1.82, 2.24) is 19.6 Å². The van der Waals surface area contributed by atoms with Gasteiger partial charge in [0.25, 0.3) is 0 Å². The van der Waals surface area contributed by atoms with E-state index in [9.17, 15) is 9.18 Å². The van der Waals surface area contributed by atoms with E-state index in [-0.39, 0.29) is 18.2 Å². The van der Waals surface area contributed by atoms with E-state index in [2.05, 4.69) is 16.8 Å².